The first-order chi connectivity index (χ1) is 11.2. The molecular formula is C17H19NO4S. The zero-order chi connectivity index (χ0) is 16.4. The standard InChI is InChI=1S/C17H19NO4S/c1-20-13-8-10-7-12(17(19)22-3)18-16(15-5-4-6-23-15)11(10)9-14(13)21-2/h4-6,8-9,12,16,18H,7H2,1-3H3/t12-,16+/m0/s1. The summed E-state index contributed by atoms with van der Waals surface area (Å²) in [6, 6.07) is 7.55. The van der Waals surface area contributed by atoms with Crippen molar-refractivity contribution in [2.75, 3.05) is 21.3 Å². The normalized spacial score (nSPS) is 19.8. The third kappa shape index (κ3) is 2.92. The van der Waals surface area contributed by atoms with Crippen LogP contribution in [0.15, 0.2) is 29.6 Å². The van der Waals surface area contributed by atoms with Gasteiger partial charge in [0, 0.05) is 4.88 Å². The second-order valence-electron chi connectivity index (χ2n) is 5.30. The van der Waals surface area contributed by atoms with E-state index in [2.05, 4.69) is 11.4 Å². The Balaban J connectivity index is 2.09. The number of carbonyl (C=O) groups excluding carboxylic acids is 1. The van der Waals surface area contributed by atoms with Gasteiger partial charge in [-0.3, -0.25) is 10.1 Å². The summed E-state index contributed by atoms with van der Waals surface area (Å²) >= 11 is 1.65. The quantitative estimate of drug-likeness (QED) is 0.872. The molecule has 2 heterocycles. The minimum atomic E-state index is -0.377. The Morgan fingerprint density at radius 1 is 1.22 bits per heavy atom. The van der Waals surface area contributed by atoms with Crippen LogP contribution in [0, 0.1) is 0 Å². The Labute approximate surface area is 139 Å². The summed E-state index contributed by atoms with van der Waals surface area (Å²) in [6.07, 6.45) is 0.560. The molecule has 122 valence electrons. The summed E-state index contributed by atoms with van der Waals surface area (Å²) in [4.78, 5) is 13.2. The number of esters is 1. The highest BCUT2D eigenvalue weighted by molar-refractivity contribution is 7.10. The van der Waals surface area contributed by atoms with E-state index in [1.54, 1.807) is 25.6 Å². The maximum atomic E-state index is 12.0. The number of fused-ring (bicyclic) bond motifs is 1. The molecule has 23 heavy (non-hydrogen) atoms. The first kappa shape index (κ1) is 15.8. The van der Waals surface area contributed by atoms with E-state index in [0.29, 0.717) is 17.9 Å². The smallest absolute Gasteiger partial charge is 0.323 e. The Morgan fingerprint density at radius 2 is 1.96 bits per heavy atom. The average molecular weight is 333 g/mol. The van der Waals surface area contributed by atoms with Gasteiger partial charge >= 0.3 is 5.97 Å². The van der Waals surface area contributed by atoms with E-state index >= 15 is 0 Å². The monoisotopic (exact) mass is 333 g/mol. The highest BCUT2D eigenvalue weighted by atomic mass is 32.1. The predicted molar refractivity (Wildman–Crippen MR) is 88.4 cm³/mol. The molecule has 1 aliphatic rings. The highest BCUT2D eigenvalue weighted by Crippen LogP contribution is 2.39. The molecule has 0 amide bonds. The molecule has 1 aliphatic heterocycles. The molecule has 1 N–H and O–H groups in total. The van der Waals surface area contributed by atoms with Gasteiger partial charge in [0.15, 0.2) is 11.5 Å². The molecule has 2 atom stereocenters. The molecule has 0 spiro atoms. The summed E-state index contributed by atoms with van der Waals surface area (Å²) in [7, 11) is 4.64. The summed E-state index contributed by atoms with van der Waals surface area (Å²) in [6.45, 7) is 0. The number of hydrogen-bond acceptors (Lipinski definition) is 6. The Hall–Kier alpha value is -2.05. The van der Waals surface area contributed by atoms with Crippen LogP contribution in [0.25, 0.3) is 0 Å². The first-order valence-corrected chi connectivity index (χ1v) is 8.18. The maximum absolute atomic E-state index is 12.0. The zero-order valence-electron chi connectivity index (χ0n) is 13.3. The van der Waals surface area contributed by atoms with Gasteiger partial charge in [-0.2, -0.15) is 0 Å². The predicted octanol–water partition coefficient (Wildman–Crippen LogP) is 2.54. The van der Waals surface area contributed by atoms with Crippen LogP contribution >= 0.6 is 11.3 Å². The van der Waals surface area contributed by atoms with Gasteiger partial charge in [-0.05, 0) is 41.1 Å². The largest absolute Gasteiger partial charge is 0.493 e. The van der Waals surface area contributed by atoms with E-state index in [9.17, 15) is 4.79 Å². The molecule has 1 aromatic heterocycles. The fourth-order valence-corrected chi connectivity index (χ4v) is 3.74. The van der Waals surface area contributed by atoms with Crippen LogP contribution in [-0.2, 0) is 16.0 Å². The SMILES string of the molecule is COC(=O)[C@@H]1Cc2cc(OC)c(OC)cc2[C@H](c2cccs2)N1. The number of methoxy groups -OCH3 is 3. The van der Waals surface area contributed by atoms with Crippen molar-refractivity contribution in [3.05, 3.63) is 45.6 Å². The Morgan fingerprint density at radius 3 is 2.57 bits per heavy atom. The van der Waals surface area contributed by atoms with Crippen molar-refractivity contribution < 1.29 is 19.0 Å². The molecular weight excluding hydrogens is 314 g/mol. The summed E-state index contributed by atoms with van der Waals surface area (Å²) < 4.78 is 15.7. The fourth-order valence-electron chi connectivity index (χ4n) is 2.94. The van der Waals surface area contributed by atoms with E-state index in [4.69, 9.17) is 14.2 Å². The van der Waals surface area contributed by atoms with Crippen molar-refractivity contribution in [3.63, 3.8) is 0 Å². The molecule has 0 saturated heterocycles. The number of ether oxygens (including phenoxy) is 3. The highest BCUT2D eigenvalue weighted by Gasteiger charge is 2.33. The topological polar surface area (TPSA) is 56.8 Å². The van der Waals surface area contributed by atoms with Crippen LogP contribution < -0.4 is 14.8 Å². The maximum Gasteiger partial charge on any atom is 0.323 e. The molecule has 0 radical (unpaired) electrons. The molecule has 0 unspecified atom stereocenters. The molecule has 0 bridgehead atoms. The molecule has 0 fully saturated rings. The fraction of sp³-hybridized carbons (Fsp3) is 0.353. The van der Waals surface area contributed by atoms with Crippen molar-refractivity contribution in [3.8, 4) is 11.5 Å². The van der Waals surface area contributed by atoms with Crippen molar-refractivity contribution >= 4 is 17.3 Å². The number of nitrogens with one attached hydrogen (secondary N) is 1. The molecule has 2 aromatic rings. The van der Waals surface area contributed by atoms with Gasteiger partial charge in [-0.15, -0.1) is 11.3 Å². The van der Waals surface area contributed by atoms with Crippen molar-refractivity contribution in [2.24, 2.45) is 0 Å². The second kappa shape index (κ2) is 6.60. The van der Waals surface area contributed by atoms with Crippen molar-refractivity contribution in [1.82, 2.24) is 5.32 Å². The third-order valence-electron chi connectivity index (χ3n) is 4.06. The van der Waals surface area contributed by atoms with E-state index in [-0.39, 0.29) is 18.1 Å². The van der Waals surface area contributed by atoms with E-state index in [1.165, 1.54) is 7.11 Å². The van der Waals surface area contributed by atoms with Gasteiger partial charge in [-0.25, -0.2) is 0 Å². The van der Waals surface area contributed by atoms with E-state index in [1.807, 2.05) is 23.6 Å². The lowest BCUT2D eigenvalue weighted by Crippen LogP contribution is -2.45. The van der Waals surface area contributed by atoms with Crippen LogP contribution in [0.2, 0.25) is 0 Å². The Bertz CT molecular complexity index is 699. The molecule has 0 aliphatic carbocycles. The minimum absolute atomic E-state index is 0.0670. The van der Waals surface area contributed by atoms with Crippen molar-refractivity contribution in [1.29, 1.82) is 0 Å². The van der Waals surface area contributed by atoms with Crippen LogP contribution in [0.5, 0.6) is 11.5 Å². The number of hydrogen-bond donors (Lipinski definition) is 1. The van der Waals surface area contributed by atoms with Gasteiger partial charge in [0.05, 0.1) is 27.4 Å². The molecule has 5 nitrogen and oxygen atoms in total. The molecule has 6 heteroatoms. The van der Waals surface area contributed by atoms with Gasteiger partial charge in [0.2, 0.25) is 0 Å². The number of thiophene rings is 1. The summed E-state index contributed by atoms with van der Waals surface area (Å²) in [5, 5.41) is 5.42. The lowest BCUT2D eigenvalue weighted by Gasteiger charge is -2.32. The van der Waals surface area contributed by atoms with Crippen molar-refractivity contribution in [2.45, 2.75) is 18.5 Å². The van der Waals surface area contributed by atoms with Gasteiger partial charge in [0.1, 0.15) is 6.04 Å². The van der Waals surface area contributed by atoms with Gasteiger partial charge in [-0.1, -0.05) is 6.07 Å². The van der Waals surface area contributed by atoms with E-state index in [0.717, 1.165) is 16.0 Å². The lowest BCUT2D eigenvalue weighted by molar-refractivity contribution is -0.143. The number of benzene rings is 1. The van der Waals surface area contributed by atoms with Crippen LogP contribution in [0.4, 0.5) is 0 Å². The average Bonchev–Trinajstić information content (AvgIpc) is 3.13. The van der Waals surface area contributed by atoms with Crippen LogP contribution in [-0.4, -0.2) is 33.3 Å². The summed E-state index contributed by atoms with van der Waals surface area (Å²) in [5.41, 5.74) is 2.17. The second-order valence-corrected chi connectivity index (χ2v) is 6.28. The summed E-state index contributed by atoms with van der Waals surface area (Å²) in [5.74, 6) is 1.10. The molecule has 0 saturated carbocycles. The van der Waals surface area contributed by atoms with Gasteiger partial charge < -0.3 is 14.2 Å². The van der Waals surface area contributed by atoms with E-state index < -0.39 is 0 Å². The Kier molecular flexibility index (Phi) is 4.54. The molecule has 1 aromatic carbocycles. The van der Waals surface area contributed by atoms with Crippen LogP contribution in [0.1, 0.15) is 22.0 Å². The minimum Gasteiger partial charge on any atom is -0.493 e. The lowest BCUT2D eigenvalue weighted by atomic mass is 9.89. The number of carbonyl (C=O) groups is 1. The third-order valence-corrected chi connectivity index (χ3v) is 5.00. The molecule has 3 rings (SSSR count). The van der Waals surface area contributed by atoms with Gasteiger partial charge in [0.25, 0.3) is 0 Å². The number of rotatable bonds is 4. The zero-order valence-corrected chi connectivity index (χ0v) is 14.1. The first-order valence-electron chi connectivity index (χ1n) is 7.30. The van der Waals surface area contributed by atoms with Crippen LogP contribution in [0.3, 0.4) is 0 Å².